The first kappa shape index (κ1) is 15.0. The van der Waals surface area contributed by atoms with Gasteiger partial charge in [-0.3, -0.25) is 0 Å². The van der Waals surface area contributed by atoms with E-state index in [2.05, 4.69) is 58.3 Å². The van der Waals surface area contributed by atoms with Crippen LogP contribution in [0.3, 0.4) is 0 Å². The summed E-state index contributed by atoms with van der Waals surface area (Å²) in [6, 6.07) is 12.9. The van der Waals surface area contributed by atoms with Gasteiger partial charge in [0.05, 0.1) is 27.8 Å². The van der Waals surface area contributed by atoms with E-state index in [0.717, 1.165) is 48.5 Å². The summed E-state index contributed by atoms with van der Waals surface area (Å²) in [5.74, 6) is 1.49. The number of rotatable bonds is 2. The Hall–Kier alpha value is -2.24. The number of likely N-dealkylation sites (tertiary alicyclic amines) is 1. The molecule has 5 heteroatoms. The number of nitrogens with one attached hydrogen (secondary N) is 1. The lowest BCUT2D eigenvalue weighted by molar-refractivity contribution is 0.251. The Morgan fingerprint density at radius 3 is 2.84 bits per heavy atom. The van der Waals surface area contributed by atoms with Crippen LogP contribution in [-0.2, 0) is 0 Å². The van der Waals surface area contributed by atoms with Gasteiger partial charge >= 0.3 is 0 Å². The number of piperidine rings is 1. The van der Waals surface area contributed by atoms with Gasteiger partial charge in [-0.15, -0.1) is 11.3 Å². The van der Waals surface area contributed by atoms with E-state index in [-0.39, 0.29) is 0 Å². The third-order valence-electron chi connectivity index (χ3n) is 5.16. The molecule has 5 rings (SSSR count). The molecule has 25 heavy (non-hydrogen) atoms. The van der Waals surface area contributed by atoms with Crippen molar-refractivity contribution in [2.45, 2.75) is 18.8 Å². The highest BCUT2D eigenvalue weighted by molar-refractivity contribution is 7.22. The first-order valence-corrected chi connectivity index (χ1v) is 9.61. The van der Waals surface area contributed by atoms with Gasteiger partial charge in [0.1, 0.15) is 5.82 Å². The van der Waals surface area contributed by atoms with Crippen molar-refractivity contribution >= 4 is 32.5 Å². The Bertz CT molecular complexity index is 1010. The van der Waals surface area contributed by atoms with Gasteiger partial charge in [0.2, 0.25) is 0 Å². The molecule has 0 unspecified atom stereocenters. The molecular weight excluding hydrogens is 328 g/mol. The molecule has 0 atom stereocenters. The van der Waals surface area contributed by atoms with Crippen molar-refractivity contribution in [1.82, 2.24) is 19.9 Å². The molecule has 126 valence electrons. The minimum absolute atomic E-state index is 0.489. The van der Waals surface area contributed by atoms with Crippen molar-refractivity contribution in [3.8, 4) is 10.6 Å². The maximum Gasteiger partial charge on any atom is 0.132 e. The highest BCUT2D eigenvalue weighted by atomic mass is 32.1. The summed E-state index contributed by atoms with van der Waals surface area (Å²) in [4.78, 5) is 16.6. The molecule has 4 heterocycles. The number of hydrogen-bond acceptors (Lipinski definition) is 4. The molecule has 1 aromatic carbocycles. The minimum Gasteiger partial charge on any atom is -0.351 e. The smallest absolute Gasteiger partial charge is 0.132 e. The number of aromatic nitrogens is 3. The van der Waals surface area contributed by atoms with Crippen LogP contribution in [-0.4, -0.2) is 40.0 Å². The monoisotopic (exact) mass is 348 g/mol. The van der Waals surface area contributed by atoms with Gasteiger partial charge in [-0.25, -0.2) is 9.97 Å². The SMILES string of the molecule is CN1CCC(c2ncc3[nH]c(-c4cc5ccccc5s4)cc3n2)CC1. The Balaban J connectivity index is 1.51. The number of aromatic amines is 1. The van der Waals surface area contributed by atoms with Crippen LogP contribution in [0.25, 0.3) is 31.7 Å². The van der Waals surface area contributed by atoms with Crippen molar-refractivity contribution in [3.05, 3.63) is 48.4 Å². The van der Waals surface area contributed by atoms with Gasteiger partial charge in [0.25, 0.3) is 0 Å². The van der Waals surface area contributed by atoms with Gasteiger partial charge in [-0.05, 0) is 56.6 Å². The van der Waals surface area contributed by atoms with Gasteiger partial charge < -0.3 is 9.88 Å². The Labute approximate surface area is 150 Å². The van der Waals surface area contributed by atoms with E-state index < -0.39 is 0 Å². The van der Waals surface area contributed by atoms with E-state index in [1.54, 1.807) is 0 Å². The second kappa shape index (κ2) is 5.93. The molecule has 4 aromatic rings. The number of thiophene rings is 1. The molecule has 1 fully saturated rings. The number of benzene rings is 1. The van der Waals surface area contributed by atoms with Crippen LogP contribution in [0.1, 0.15) is 24.6 Å². The van der Waals surface area contributed by atoms with Crippen LogP contribution in [0.15, 0.2) is 42.6 Å². The van der Waals surface area contributed by atoms with Crippen molar-refractivity contribution in [1.29, 1.82) is 0 Å². The molecule has 1 aliphatic rings. The van der Waals surface area contributed by atoms with E-state index in [4.69, 9.17) is 4.98 Å². The van der Waals surface area contributed by atoms with Crippen LogP contribution in [0.2, 0.25) is 0 Å². The lowest BCUT2D eigenvalue weighted by atomic mass is 9.96. The fourth-order valence-electron chi connectivity index (χ4n) is 3.64. The number of hydrogen-bond donors (Lipinski definition) is 1. The van der Waals surface area contributed by atoms with E-state index in [1.165, 1.54) is 15.0 Å². The molecule has 1 N–H and O–H groups in total. The van der Waals surface area contributed by atoms with Crippen LogP contribution in [0, 0.1) is 0 Å². The Kier molecular flexibility index (Phi) is 3.57. The molecule has 0 radical (unpaired) electrons. The normalized spacial score (nSPS) is 16.8. The maximum absolute atomic E-state index is 4.87. The Morgan fingerprint density at radius 2 is 2.00 bits per heavy atom. The van der Waals surface area contributed by atoms with Crippen LogP contribution < -0.4 is 0 Å². The zero-order chi connectivity index (χ0) is 16.8. The van der Waals surface area contributed by atoms with Crippen molar-refractivity contribution in [2.24, 2.45) is 0 Å². The summed E-state index contributed by atoms with van der Waals surface area (Å²) in [6.45, 7) is 2.26. The number of fused-ring (bicyclic) bond motifs is 2. The lowest BCUT2D eigenvalue weighted by Gasteiger charge is -2.27. The highest BCUT2D eigenvalue weighted by Gasteiger charge is 2.21. The Morgan fingerprint density at radius 1 is 1.16 bits per heavy atom. The third-order valence-corrected chi connectivity index (χ3v) is 6.31. The first-order chi connectivity index (χ1) is 12.3. The number of nitrogens with zero attached hydrogens (tertiary/aromatic N) is 3. The molecule has 3 aromatic heterocycles. The largest absolute Gasteiger partial charge is 0.351 e. The second-order valence-corrected chi connectivity index (χ2v) is 8.02. The summed E-state index contributed by atoms with van der Waals surface area (Å²) in [5, 5.41) is 1.29. The predicted molar refractivity (Wildman–Crippen MR) is 104 cm³/mol. The zero-order valence-corrected chi connectivity index (χ0v) is 15.0. The van der Waals surface area contributed by atoms with Crippen LogP contribution in [0.5, 0.6) is 0 Å². The van der Waals surface area contributed by atoms with Gasteiger partial charge in [0.15, 0.2) is 0 Å². The molecule has 0 aliphatic carbocycles. The topological polar surface area (TPSA) is 44.8 Å². The third kappa shape index (κ3) is 2.73. The van der Waals surface area contributed by atoms with Crippen LogP contribution >= 0.6 is 11.3 Å². The first-order valence-electron chi connectivity index (χ1n) is 8.79. The predicted octanol–water partition coefficient (Wildman–Crippen LogP) is 4.65. The second-order valence-electron chi connectivity index (χ2n) is 6.94. The molecule has 0 saturated carbocycles. The van der Waals surface area contributed by atoms with Gasteiger partial charge in [-0.2, -0.15) is 0 Å². The minimum atomic E-state index is 0.489. The van der Waals surface area contributed by atoms with E-state index >= 15 is 0 Å². The summed E-state index contributed by atoms with van der Waals surface area (Å²) >= 11 is 1.81. The molecule has 0 amide bonds. The quantitative estimate of drug-likeness (QED) is 0.573. The zero-order valence-electron chi connectivity index (χ0n) is 14.2. The van der Waals surface area contributed by atoms with Gasteiger partial charge in [-0.1, -0.05) is 18.2 Å². The fourth-order valence-corrected chi connectivity index (χ4v) is 4.68. The van der Waals surface area contributed by atoms with Gasteiger partial charge in [0, 0.05) is 10.6 Å². The fraction of sp³-hybridized carbons (Fsp3) is 0.300. The molecule has 1 saturated heterocycles. The molecular formula is C20H20N4S. The lowest BCUT2D eigenvalue weighted by Crippen LogP contribution is -2.29. The average Bonchev–Trinajstić information content (AvgIpc) is 3.25. The summed E-state index contributed by atoms with van der Waals surface area (Å²) in [7, 11) is 2.18. The standard InChI is InChI=1S/C20H20N4S/c1-24-8-6-13(7-9-24)20-21-12-17-15(23-20)11-16(22-17)19-10-14-4-2-3-5-18(14)25-19/h2-5,10-13,22H,6-9H2,1H3. The molecule has 4 nitrogen and oxygen atoms in total. The number of H-pyrrole nitrogens is 1. The molecule has 0 bridgehead atoms. The van der Waals surface area contributed by atoms with E-state index in [9.17, 15) is 0 Å². The summed E-state index contributed by atoms with van der Waals surface area (Å²) < 4.78 is 1.31. The highest BCUT2D eigenvalue weighted by Crippen LogP contribution is 2.34. The van der Waals surface area contributed by atoms with Crippen molar-refractivity contribution in [2.75, 3.05) is 20.1 Å². The van der Waals surface area contributed by atoms with Crippen LogP contribution in [0.4, 0.5) is 0 Å². The van der Waals surface area contributed by atoms with E-state index in [1.807, 2.05) is 17.5 Å². The van der Waals surface area contributed by atoms with Crippen molar-refractivity contribution < 1.29 is 0 Å². The van der Waals surface area contributed by atoms with Crippen molar-refractivity contribution in [3.63, 3.8) is 0 Å². The summed E-state index contributed by atoms with van der Waals surface area (Å²) in [6.07, 6.45) is 4.25. The van der Waals surface area contributed by atoms with E-state index in [0.29, 0.717) is 5.92 Å². The average molecular weight is 348 g/mol. The molecule has 1 aliphatic heterocycles. The maximum atomic E-state index is 4.87. The summed E-state index contributed by atoms with van der Waals surface area (Å²) in [5.41, 5.74) is 3.17. The molecule has 0 spiro atoms.